The SMILES string of the molecule is Cc1ccc(Nc2nc3sc4c(c3c3nnnn23)CCCC4)cc1. The van der Waals surface area contributed by atoms with Gasteiger partial charge in [0.25, 0.3) is 0 Å². The van der Waals surface area contributed by atoms with E-state index in [9.17, 15) is 0 Å². The number of aryl methyl sites for hydroxylation is 3. The lowest BCUT2D eigenvalue weighted by Gasteiger charge is -2.10. The molecular formula is C17H16N6S. The zero-order chi connectivity index (χ0) is 16.1. The highest BCUT2D eigenvalue weighted by atomic mass is 32.1. The second-order valence-corrected chi connectivity index (χ2v) is 7.32. The number of anilines is 2. The quantitative estimate of drug-likeness (QED) is 0.605. The number of tetrazole rings is 1. The van der Waals surface area contributed by atoms with Gasteiger partial charge in [0, 0.05) is 10.6 Å². The maximum absolute atomic E-state index is 4.83. The van der Waals surface area contributed by atoms with Crippen LogP contribution in [-0.4, -0.2) is 25.0 Å². The van der Waals surface area contributed by atoms with E-state index in [0.717, 1.165) is 34.4 Å². The molecule has 1 aromatic carbocycles. The Labute approximate surface area is 142 Å². The zero-order valence-corrected chi connectivity index (χ0v) is 14.1. The number of benzene rings is 1. The van der Waals surface area contributed by atoms with Crippen molar-refractivity contribution in [2.75, 3.05) is 5.32 Å². The molecule has 4 aromatic rings. The molecule has 0 amide bonds. The molecule has 0 saturated carbocycles. The predicted molar refractivity (Wildman–Crippen MR) is 95.1 cm³/mol. The number of rotatable bonds is 2. The summed E-state index contributed by atoms with van der Waals surface area (Å²) in [6.45, 7) is 2.07. The van der Waals surface area contributed by atoms with Crippen LogP contribution in [-0.2, 0) is 12.8 Å². The lowest BCUT2D eigenvalue weighted by molar-refractivity contribution is 0.700. The number of thiophene rings is 1. The number of hydrogen-bond acceptors (Lipinski definition) is 6. The van der Waals surface area contributed by atoms with Crippen LogP contribution in [0.4, 0.5) is 11.6 Å². The molecular weight excluding hydrogens is 320 g/mol. The van der Waals surface area contributed by atoms with E-state index < -0.39 is 0 Å². The summed E-state index contributed by atoms with van der Waals surface area (Å²) in [5.74, 6) is 0.657. The molecule has 0 spiro atoms. The molecule has 1 aliphatic rings. The van der Waals surface area contributed by atoms with E-state index in [1.807, 2.05) is 12.1 Å². The molecule has 0 aliphatic heterocycles. The molecule has 120 valence electrons. The molecule has 0 fully saturated rings. The highest BCUT2D eigenvalue weighted by Gasteiger charge is 2.22. The van der Waals surface area contributed by atoms with E-state index in [0.29, 0.717) is 5.95 Å². The molecule has 3 heterocycles. The molecule has 3 aromatic heterocycles. The Kier molecular flexibility index (Phi) is 3.02. The second-order valence-electron chi connectivity index (χ2n) is 6.23. The Morgan fingerprint density at radius 1 is 1.12 bits per heavy atom. The van der Waals surface area contributed by atoms with E-state index in [4.69, 9.17) is 4.98 Å². The van der Waals surface area contributed by atoms with Crippen LogP contribution < -0.4 is 5.32 Å². The van der Waals surface area contributed by atoms with Crippen LogP contribution in [0.2, 0.25) is 0 Å². The standard InChI is InChI=1S/C17H16N6S/c1-10-6-8-11(9-7-10)18-17-19-16-14(15-20-21-22-23(15)17)12-4-2-3-5-13(12)24-16/h6-9H,2-5H2,1H3,(H,18,19). The Hall–Kier alpha value is -2.54. The summed E-state index contributed by atoms with van der Waals surface area (Å²) >= 11 is 1.79. The highest BCUT2D eigenvalue weighted by Crippen LogP contribution is 2.38. The minimum absolute atomic E-state index is 0.657. The maximum atomic E-state index is 4.83. The lowest BCUT2D eigenvalue weighted by atomic mass is 9.97. The van der Waals surface area contributed by atoms with Gasteiger partial charge in [0.2, 0.25) is 5.95 Å². The third-order valence-corrected chi connectivity index (χ3v) is 5.75. The van der Waals surface area contributed by atoms with Gasteiger partial charge in [-0.2, -0.15) is 4.52 Å². The van der Waals surface area contributed by atoms with Crippen molar-refractivity contribution in [3.8, 4) is 0 Å². The third-order valence-electron chi connectivity index (χ3n) is 4.56. The molecule has 0 saturated heterocycles. The number of hydrogen-bond donors (Lipinski definition) is 1. The molecule has 1 aliphatic carbocycles. The number of aromatic nitrogens is 5. The number of nitrogens with one attached hydrogen (secondary N) is 1. The minimum atomic E-state index is 0.657. The Morgan fingerprint density at radius 2 is 1.96 bits per heavy atom. The molecule has 24 heavy (non-hydrogen) atoms. The van der Waals surface area contributed by atoms with Gasteiger partial charge >= 0.3 is 0 Å². The van der Waals surface area contributed by atoms with Crippen molar-refractivity contribution in [1.29, 1.82) is 0 Å². The summed E-state index contributed by atoms with van der Waals surface area (Å²) < 4.78 is 1.71. The Morgan fingerprint density at radius 3 is 2.83 bits per heavy atom. The molecule has 1 N–H and O–H groups in total. The van der Waals surface area contributed by atoms with Crippen molar-refractivity contribution in [2.45, 2.75) is 32.6 Å². The van der Waals surface area contributed by atoms with E-state index in [2.05, 4.69) is 39.9 Å². The molecule has 0 radical (unpaired) electrons. The predicted octanol–water partition coefficient (Wildman–Crippen LogP) is 3.66. The van der Waals surface area contributed by atoms with Crippen LogP contribution in [0.1, 0.15) is 28.8 Å². The van der Waals surface area contributed by atoms with Crippen molar-refractivity contribution in [2.24, 2.45) is 0 Å². The molecule has 7 heteroatoms. The molecule has 5 rings (SSSR count). The van der Waals surface area contributed by atoms with Crippen molar-refractivity contribution in [3.63, 3.8) is 0 Å². The smallest absolute Gasteiger partial charge is 0.233 e. The summed E-state index contributed by atoms with van der Waals surface area (Å²) in [7, 11) is 0. The summed E-state index contributed by atoms with van der Waals surface area (Å²) in [5.41, 5.74) is 4.40. The van der Waals surface area contributed by atoms with Crippen molar-refractivity contribution >= 4 is 38.8 Å². The van der Waals surface area contributed by atoms with E-state index in [1.165, 1.54) is 28.8 Å². The van der Waals surface area contributed by atoms with Crippen LogP contribution >= 0.6 is 11.3 Å². The first-order valence-electron chi connectivity index (χ1n) is 8.15. The zero-order valence-electron chi connectivity index (χ0n) is 13.3. The number of fused-ring (bicyclic) bond motifs is 5. The molecule has 6 nitrogen and oxygen atoms in total. The van der Waals surface area contributed by atoms with E-state index in [1.54, 1.807) is 15.9 Å². The van der Waals surface area contributed by atoms with Crippen molar-refractivity contribution < 1.29 is 0 Å². The molecule has 0 bridgehead atoms. The maximum Gasteiger partial charge on any atom is 0.233 e. The monoisotopic (exact) mass is 336 g/mol. The summed E-state index contributed by atoms with van der Waals surface area (Å²) in [6.07, 6.45) is 4.74. The van der Waals surface area contributed by atoms with Crippen LogP contribution in [0.15, 0.2) is 24.3 Å². The van der Waals surface area contributed by atoms with E-state index in [-0.39, 0.29) is 0 Å². The van der Waals surface area contributed by atoms with Gasteiger partial charge in [-0.05, 0) is 60.7 Å². The fraction of sp³-hybridized carbons (Fsp3) is 0.294. The van der Waals surface area contributed by atoms with Crippen LogP contribution in [0.5, 0.6) is 0 Å². The molecule has 0 atom stereocenters. The Balaban J connectivity index is 1.70. The van der Waals surface area contributed by atoms with Gasteiger partial charge in [0.15, 0.2) is 5.65 Å². The first-order chi connectivity index (χ1) is 11.8. The van der Waals surface area contributed by atoms with Crippen LogP contribution in [0.3, 0.4) is 0 Å². The Bertz CT molecular complexity index is 1050. The van der Waals surface area contributed by atoms with Gasteiger partial charge in [-0.3, -0.25) is 0 Å². The first kappa shape index (κ1) is 13.9. The average molecular weight is 336 g/mol. The van der Waals surface area contributed by atoms with Crippen LogP contribution in [0, 0.1) is 6.92 Å². The van der Waals surface area contributed by atoms with Gasteiger partial charge in [0.1, 0.15) is 4.83 Å². The first-order valence-corrected chi connectivity index (χ1v) is 8.97. The summed E-state index contributed by atoms with van der Waals surface area (Å²) in [4.78, 5) is 7.30. The fourth-order valence-corrected chi connectivity index (χ4v) is 4.59. The molecule has 0 unspecified atom stereocenters. The average Bonchev–Trinajstić information content (AvgIpc) is 3.20. The normalized spacial score (nSPS) is 14.2. The summed E-state index contributed by atoms with van der Waals surface area (Å²) in [6, 6.07) is 8.22. The van der Waals surface area contributed by atoms with Gasteiger partial charge in [0.05, 0.1) is 5.39 Å². The fourth-order valence-electron chi connectivity index (χ4n) is 3.34. The van der Waals surface area contributed by atoms with Gasteiger partial charge < -0.3 is 5.32 Å². The third kappa shape index (κ3) is 2.08. The van der Waals surface area contributed by atoms with E-state index >= 15 is 0 Å². The van der Waals surface area contributed by atoms with Gasteiger partial charge in [-0.15, -0.1) is 16.4 Å². The van der Waals surface area contributed by atoms with Gasteiger partial charge in [-0.1, -0.05) is 17.7 Å². The topological polar surface area (TPSA) is 68.0 Å². The largest absolute Gasteiger partial charge is 0.324 e. The van der Waals surface area contributed by atoms with Crippen molar-refractivity contribution in [3.05, 3.63) is 40.3 Å². The second kappa shape index (κ2) is 5.24. The number of nitrogens with zero attached hydrogens (tertiary/aromatic N) is 5. The lowest BCUT2D eigenvalue weighted by Crippen LogP contribution is -2.04. The highest BCUT2D eigenvalue weighted by molar-refractivity contribution is 7.19. The minimum Gasteiger partial charge on any atom is -0.324 e. The van der Waals surface area contributed by atoms with Gasteiger partial charge in [-0.25, -0.2) is 4.98 Å². The summed E-state index contributed by atoms with van der Waals surface area (Å²) in [5, 5.41) is 16.8. The van der Waals surface area contributed by atoms with Crippen LogP contribution in [0.25, 0.3) is 15.9 Å². The van der Waals surface area contributed by atoms with Crippen molar-refractivity contribution in [1.82, 2.24) is 25.0 Å².